The number of nitrogens with one attached hydrogen (secondary N) is 1. The number of guanidine groups is 1. The van der Waals surface area contributed by atoms with Crippen molar-refractivity contribution in [3.05, 3.63) is 0 Å². The van der Waals surface area contributed by atoms with Gasteiger partial charge in [0.1, 0.15) is 0 Å². The second kappa shape index (κ2) is 3.20. The average molecular weight is 181 g/mol. The van der Waals surface area contributed by atoms with E-state index in [9.17, 15) is 0 Å². The molecule has 2 rings (SSSR count). The average Bonchev–Trinajstić information content (AvgIpc) is 2.81. The van der Waals surface area contributed by atoms with Crippen molar-refractivity contribution in [2.45, 2.75) is 45.1 Å². The molecule has 0 aromatic carbocycles. The van der Waals surface area contributed by atoms with Crippen LogP contribution in [-0.4, -0.2) is 18.5 Å². The van der Waals surface area contributed by atoms with Crippen LogP contribution >= 0.6 is 0 Å². The van der Waals surface area contributed by atoms with Crippen LogP contribution in [0.5, 0.6) is 0 Å². The first kappa shape index (κ1) is 8.85. The molecule has 0 unspecified atom stereocenters. The minimum Gasteiger partial charge on any atom is -0.370 e. The highest BCUT2D eigenvalue weighted by Gasteiger charge is 2.31. The Labute approximate surface area is 79.8 Å². The van der Waals surface area contributed by atoms with Crippen LogP contribution in [0.2, 0.25) is 0 Å². The summed E-state index contributed by atoms with van der Waals surface area (Å²) < 4.78 is 0. The van der Waals surface area contributed by atoms with Crippen molar-refractivity contribution in [3.8, 4) is 0 Å². The molecule has 0 aliphatic heterocycles. The van der Waals surface area contributed by atoms with Gasteiger partial charge < -0.3 is 11.1 Å². The van der Waals surface area contributed by atoms with Crippen LogP contribution in [0.25, 0.3) is 0 Å². The van der Waals surface area contributed by atoms with Gasteiger partial charge in [-0.2, -0.15) is 0 Å². The quantitative estimate of drug-likeness (QED) is 0.508. The van der Waals surface area contributed by atoms with Crippen LogP contribution in [0.4, 0.5) is 0 Å². The van der Waals surface area contributed by atoms with Gasteiger partial charge in [-0.05, 0) is 31.1 Å². The maximum atomic E-state index is 5.74. The monoisotopic (exact) mass is 181 g/mol. The lowest BCUT2D eigenvalue weighted by Gasteiger charge is -2.36. The summed E-state index contributed by atoms with van der Waals surface area (Å²) in [5.74, 6) is 0.649. The molecule has 3 N–H and O–H groups in total. The van der Waals surface area contributed by atoms with E-state index >= 15 is 0 Å². The zero-order valence-electron chi connectivity index (χ0n) is 8.34. The fourth-order valence-electron chi connectivity index (χ4n) is 1.70. The first-order valence-electron chi connectivity index (χ1n) is 5.24. The summed E-state index contributed by atoms with van der Waals surface area (Å²) in [4.78, 5) is 4.38. The van der Waals surface area contributed by atoms with Gasteiger partial charge in [0, 0.05) is 12.6 Å². The van der Waals surface area contributed by atoms with E-state index < -0.39 is 0 Å². The van der Waals surface area contributed by atoms with E-state index in [2.05, 4.69) is 17.2 Å². The molecule has 13 heavy (non-hydrogen) atoms. The smallest absolute Gasteiger partial charge is 0.188 e. The maximum Gasteiger partial charge on any atom is 0.188 e. The van der Waals surface area contributed by atoms with Gasteiger partial charge in [-0.15, -0.1) is 0 Å². The molecule has 74 valence electrons. The van der Waals surface area contributed by atoms with Crippen LogP contribution in [0, 0.1) is 5.41 Å². The van der Waals surface area contributed by atoms with Crippen LogP contribution in [-0.2, 0) is 0 Å². The van der Waals surface area contributed by atoms with Crippen LogP contribution in [0.15, 0.2) is 4.99 Å². The molecule has 0 heterocycles. The molecule has 2 aliphatic carbocycles. The van der Waals surface area contributed by atoms with Crippen molar-refractivity contribution in [1.29, 1.82) is 0 Å². The summed E-state index contributed by atoms with van der Waals surface area (Å²) >= 11 is 0. The highest BCUT2D eigenvalue weighted by atomic mass is 15.1. The van der Waals surface area contributed by atoms with Crippen molar-refractivity contribution < 1.29 is 0 Å². The van der Waals surface area contributed by atoms with Gasteiger partial charge in [0.25, 0.3) is 0 Å². The Hall–Kier alpha value is -0.730. The van der Waals surface area contributed by atoms with Gasteiger partial charge in [-0.3, -0.25) is 4.99 Å². The standard InChI is InChI=1S/C10H19N3/c1-10(5-2-6-10)7-12-9(11)13-8-3-4-8/h8H,2-7H2,1H3,(H3,11,12,13). The summed E-state index contributed by atoms with van der Waals surface area (Å²) in [6.07, 6.45) is 6.50. The molecule has 3 nitrogen and oxygen atoms in total. The number of hydrogen-bond acceptors (Lipinski definition) is 1. The molecule has 2 aliphatic rings. The van der Waals surface area contributed by atoms with Gasteiger partial charge in [-0.25, -0.2) is 0 Å². The molecule has 3 heteroatoms. The Balaban J connectivity index is 1.74. The molecule has 0 aromatic heterocycles. The number of aliphatic imine (C=N–C) groups is 1. The van der Waals surface area contributed by atoms with E-state index in [1.807, 2.05) is 0 Å². The number of nitrogens with two attached hydrogens (primary N) is 1. The summed E-state index contributed by atoms with van der Waals surface area (Å²) in [7, 11) is 0. The minimum atomic E-state index is 0.454. The van der Waals surface area contributed by atoms with Crippen molar-refractivity contribution in [2.75, 3.05) is 6.54 Å². The molecule has 0 aromatic rings. The highest BCUT2D eigenvalue weighted by molar-refractivity contribution is 5.78. The first-order valence-corrected chi connectivity index (χ1v) is 5.24. The summed E-state index contributed by atoms with van der Waals surface area (Å²) in [6, 6.07) is 0.623. The van der Waals surface area contributed by atoms with Crippen molar-refractivity contribution in [3.63, 3.8) is 0 Å². The Morgan fingerprint density at radius 3 is 2.69 bits per heavy atom. The molecule has 0 spiro atoms. The molecular formula is C10H19N3. The van der Waals surface area contributed by atoms with Crippen LogP contribution in [0.1, 0.15) is 39.0 Å². The van der Waals surface area contributed by atoms with Gasteiger partial charge >= 0.3 is 0 Å². The van der Waals surface area contributed by atoms with Gasteiger partial charge in [0.15, 0.2) is 5.96 Å². The fourth-order valence-corrected chi connectivity index (χ4v) is 1.70. The zero-order chi connectivity index (χ0) is 9.31. The van der Waals surface area contributed by atoms with E-state index in [1.165, 1.54) is 32.1 Å². The molecular weight excluding hydrogens is 162 g/mol. The SMILES string of the molecule is CC1(CN=C(N)NC2CC2)CCC1. The summed E-state index contributed by atoms with van der Waals surface area (Å²) in [6.45, 7) is 3.20. The highest BCUT2D eigenvalue weighted by Crippen LogP contribution is 2.40. The maximum absolute atomic E-state index is 5.74. The minimum absolute atomic E-state index is 0.454. The molecule has 0 radical (unpaired) electrons. The molecule has 2 fully saturated rings. The Morgan fingerprint density at radius 1 is 1.54 bits per heavy atom. The molecule has 0 atom stereocenters. The number of nitrogens with zero attached hydrogens (tertiary/aromatic N) is 1. The summed E-state index contributed by atoms with van der Waals surface area (Å²) in [5.41, 5.74) is 6.19. The van der Waals surface area contributed by atoms with Crippen molar-refractivity contribution in [2.24, 2.45) is 16.1 Å². The topological polar surface area (TPSA) is 50.4 Å². The molecule has 0 amide bonds. The van der Waals surface area contributed by atoms with Crippen LogP contribution < -0.4 is 11.1 Å². The third-order valence-corrected chi connectivity index (χ3v) is 3.12. The van der Waals surface area contributed by atoms with E-state index in [4.69, 9.17) is 5.73 Å². The predicted molar refractivity (Wildman–Crippen MR) is 54.6 cm³/mol. The number of hydrogen-bond donors (Lipinski definition) is 2. The van der Waals surface area contributed by atoms with Gasteiger partial charge in [0.2, 0.25) is 0 Å². The Kier molecular flexibility index (Phi) is 2.18. The van der Waals surface area contributed by atoms with Crippen molar-refractivity contribution in [1.82, 2.24) is 5.32 Å². The van der Waals surface area contributed by atoms with E-state index in [-0.39, 0.29) is 0 Å². The summed E-state index contributed by atoms with van der Waals surface area (Å²) in [5, 5.41) is 3.20. The largest absolute Gasteiger partial charge is 0.370 e. The predicted octanol–water partition coefficient (Wildman–Crippen LogP) is 1.24. The Morgan fingerprint density at radius 2 is 2.23 bits per heavy atom. The second-order valence-corrected chi connectivity index (χ2v) is 4.78. The third-order valence-electron chi connectivity index (χ3n) is 3.12. The lowest BCUT2D eigenvalue weighted by atomic mass is 9.71. The van der Waals surface area contributed by atoms with Crippen molar-refractivity contribution >= 4 is 5.96 Å². The van der Waals surface area contributed by atoms with E-state index in [1.54, 1.807) is 0 Å². The normalized spacial score (nSPS) is 26.7. The van der Waals surface area contributed by atoms with Crippen LogP contribution in [0.3, 0.4) is 0 Å². The van der Waals surface area contributed by atoms with Gasteiger partial charge in [-0.1, -0.05) is 13.3 Å². The first-order chi connectivity index (χ1) is 6.18. The van der Waals surface area contributed by atoms with E-state index in [0.717, 1.165) is 6.54 Å². The fraction of sp³-hybridized carbons (Fsp3) is 0.900. The lowest BCUT2D eigenvalue weighted by molar-refractivity contribution is 0.173. The zero-order valence-corrected chi connectivity index (χ0v) is 8.34. The molecule has 0 bridgehead atoms. The Bertz CT molecular complexity index is 214. The second-order valence-electron chi connectivity index (χ2n) is 4.78. The van der Waals surface area contributed by atoms with E-state index in [0.29, 0.717) is 17.4 Å². The van der Waals surface area contributed by atoms with Gasteiger partial charge in [0.05, 0.1) is 0 Å². The lowest BCUT2D eigenvalue weighted by Crippen LogP contribution is -2.36. The number of rotatable bonds is 3. The molecule has 0 saturated heterocycles. The molecule has 2 saturated carbocycles. The third kappa shape index (κ3) is 2.36.